The number of carbonyl (C=O) groups is 2. The van der Waals surface area contributed by atoms with Crippen molar-refractivity contribution in [2.75, 3.05) is 33.2 Å². The lowest BCUT2D eigenvalue weighted by Crippen LogP contribution is -2.44. The summed E-state index contributed by atoms with van der Waals surface area (Å²) in [6.45, 7) is 0.547. The predicted octanol–water partition coefficient (Wildman–Crippen LogP) is 2.18. The minimum Gasteiger partial charge on any atom is -0.454 e. The number of fused-ring (bicyclic) bond motifs is 5. The second kappa shape index (κ2) is 7.79. The molecule has 0 saturated carbocycles. The van der Waals surface area contributed by atoms with Crippen molar-refractivity contribution in [1.29, 1.82) is 0 Å². The number of H-pyrrole nitrogens is 1. The molecule has 2 atom stereocenters. The van der Waals surface area contributed by atoms with Crippen molar-refractivity contribution in [1.82, 2.24) is 14.8 Å². The van der Waals surface area contributed by atoms with E-state index in [2.05, 4.69) is 4.98 Å². The topological polar surface area (TPSA) is 104 Å². The van der Waals surface area contributed by atoms with Crippen LogP contribution in [0.2, 0.25) is 0 Å². The van der Waals surface area contributed by atoms with Crippen molar-refractivity contribution in [2.24, 2.45) is 0 Å². The van der Waals surface area contributed by atoms with Crippen molar-refractivity contribution >= 4 is 22.8 Å². The quantitative estimate of drug-likeness (QED) is 0.442. The Balaban J connectivity index is 1.44. The number of aliphatic hydroxyl groups is 1. The highest BCUT2D eigenvalue weighted by Crippen LogP contribution is 2.45. The first-order valence-electron chi connectivity index (χ1n) is 11.0. The van der Waals surface area contributed by atoms with Gasteiger partial charge in [-0.15, -0.1) is 0 Å². The minimum atomic E-state index is -0.600. The Bertz CT molecular complexity index is 1250. The summed E-state index contributed by atoms with van der Waals surface area (Å²) < 4.78 is 16.4. The van der Waals surface area contributed by atoms with E-state index in [1.165, 1.54) is 4.90 Å². The molecule has 9 heteroatoms. The van der Waals surface area contributed by atoms with Gasteiger partial charge in [0.25, 0.3) is 5.91 Å². The molecule has 1 aromatic heterocycles. The third kappa shape index (κ3) is 3.07. The van der Waals surface area contributed by atoms with Gasteiger partial charge in [-0.1, -0.05) is 24.3 Å². The van der Waals surface area contributed by atoms with E-state index < -0.39 is 12.1 Å². The Hall–Kier alpha value is -3.56. The van der Waals surface area contributed by atoms with Crippen LogP contribution in [-0.4, -0.2) is 71.0 Å². The lowest BCUT2D eigenvalue weighted by atomic mass is 9.88. The average molecular weight is 449 g/mol. The van der Waals surface area contributed by atoms with Gasteiger partial charge in [0.15, 0.2) is 11.5 Å². The van der Waals surface area contributed by atoms with Crippen LogP contribution >= 0.6 is 0 Å². The fourth-order valence-electron chi connectivity index (χ4n) is 5.09. The van der Waals surface area contributed by atoms with E-state index in [-0.39, 0.29) is 45.1 Å². The van der Waals surface area contributed by atoms with E-state index in [4.69, 9.17) is 19.3 Å². The highest BCUT2D eigenvalue weighted by Gasteiger charge is 2.52. The summed E-state index contributed by atoms with van der Waals surface area (Å²) in [5.74, 6) is 1.06. The van der Waals surface area contributed by atoms with Gasteiger partial charge in [-0.05, 0) is 29.3 Å². The van der Waals surface area contributed by atoms with Gasteiger partial charge in [0.1, 0.15) is 12.1 Å². The number of urea groups is 1. The normalized spacial score (nSPS) is 21.1. The number of ether oxygens (including phenoxy) is 3. The van der Waals surface area contributed by atoms with Gasteiger partial charge in [-0.3, -0.25) is 14.6 Å². The molecular weight excluding hydrogens is 426 g/mol. The van der Waals surface area contributed by atoms with Gasteiger partial charge < -0.3 is 24.3 Å². The highest BCUT2D eigenvalue weighted by molar-refractivity contribution is 6.05. The van der Waals surface area contributed by atoms with Gasteiger partial charge in [-0.2, -0.15) is 0 Å². The zero-order valence-corrected chi connectivity index (χ0v) is 17.8. The molecule has 3 aromatic rings. The molecule has 0 bridgehead atoms. The molecule has 2 N–H and O–H groups in total. The third-order valence-corrected chi connectivity index (χ3v) is 6.54. The fourth-order valence-corrected chi connectivity index (χ4v) is 5.09. The van der Waals surface area contributed by atoms with Crippen molar-refractivity contribution < 1.29 is 28.9 Å². The van der Waals surface area contributed by atoms with E-state index in [1.54, 1.807) is 4.90 Å². The van der Waals surface area contributed by atoms with E-state index in [1.807, 2.05) is 42.5 Å². The molecule has 0 unspecified atom stereocenters. The molecule has 0 spiro atoms. The molecule has 1 fully saturated rings. The summed E-state index contributed by atoms with van der Waals surface area (Å²) in [7, 11) is 0. The minimum absolute atomic E-state index is 0.107. The lowest BCUT2D eigenvalue weighted by Gasteiger charge is -2.36. The zero-order valence-electron chi connectivity index (χ0n) is 17.8. The number of amides is 3. The largest absolute Gasteiger partial charge is 0.454 e. The number of aliphatic hydroxyl groups excluding tert-OH is 1. The number of rotatable bonds is 6. The van der Waals surface area contributed by atoms with Crippen LogP contribution in [0, 0.1) is 0 Å². The average Bonchev–Trinajstić information content (AvgIpc) is 3.51. The van der Waals surface area contributed by atoms with E-state index in [9.17, 15) is 9.59 Å². The van der Waals surface area contributed by atoms with E-state index >= 15 is 0 Å². The number of carbonyl (C=O) groups excluding carboxylic acids is 2. The second-order valence-corrected chi connectivity index (χ2v) is 8.31. The van der Waals surface area contributed by atoms with Crippen molar-refractivity contribution in [3.8, 4) is 11.5 Å². The molecule has 0 radical (unpaired) electrons. The molecule has 170 valence electrons. The Labute approximate surface area is 189 Å². The number of imide groups is 1. The molecule has 3 aliphatic heterocycles. The molecule has 9 nitrogen and oxygen atoms in total. The molecular formula is C24H23N3O6. The fraction of sp³-hybridized carbons (Fsp3) is 0.333. The van der Waals surface area contributed by atoms with Crippen molar-refractivity contribution in [3.63, 3.8) is 0 Å². The summed E-state index contributed by atoms with van der Waals surface area (Å²) in [5.41, 5.74) is 3.78. The Kier molecular flexibility index (Phi) is 4.74. The number of nitrogens with zero attached hydrogens (tertiary/aromatic N) is 2. The van der Waals surface area contributed by atoms with E-state index in [0.29, 0.717) is 17.9 Å². The monoisotopic (exact) mass is 449 g/mol. The van der Waals surface area contributed by atoms with Gasteiger partial charge >= 0.3 is 6.03 Å². The highest BCUT2D eigenvalue weighted by atomic mass is 16.7. The molecule has 4 heterocycles. The number of aromatic amines is 1. The maximum absolute atomic E-state index is 13.5. The Morgan fingerprint density at radius 1 is 1.09 bits per heavy atom. The molecule has 3 aliphatic rings. The first-order chi connectivity index (χ1) is 16.2. The van der Waals surface area contributed by atoms with Crippen LogP contribution in [0.3, 0.4) is 0 Å². The van der Waals surface area contributed by atoms with Crippen LogP contribution in [0.5, 0.6) is 11.5 Å². The number of hydrogen-bond acceptors (Lipinski definition) is 6. The SMILES string of the molecule is O=C1[C@@H]2Cc3c([nH]c4ccccc34)[C@@H](c3ccc4c(c3)OCO4)N2C(=O)N1CCOCCO. The van der Waals surface area contributed by atoms with E-state index in [0.717, 1.165) is 27.7 Å². The van der Waals surface area contributed by atoms with Gasteiger partial charge in [0, 0.05) is 23.0 Å². The summed E-state index contributed by atoms with van der Waals surface area (Å²) >= 11 is 0. The van der Waals surface area contributed by atoms with Crippen LogP contribution in [0.1, 0.15) is 22.9 Å². The summed E-state index contributed by atoms with van der Waals surface area (Å²) in [5, 5.41) is 9.98. The summed E-state index contributed by atoms with van der Waals surface area (Å²) in [6.07, 6.45) is 0.443. The van der Waals surface area contributed by atoms with Crippen LogP contribution in [-0.2, 0) is 16.0 Å². The predicted molar refractivity (Wildman–Crippen MR) is 117 cm³/mol. The number of hydrogen-bond donors (Lipinski definition) is 2. The smallest absolute Gasteiger partial charge is 0.328 e. The summed E-state index contributed by atoms with van der Waals surface area (Å²) in [4.78, 5) is 33.3. The number of benzene rings is 2. The standard InChI is InChI=1S/C24H23N3O6/c28-8-10-31-9-7-26-23(29)18-12-16-15-3-1-2-4-17(15)25-21(16)22(27(18)24(26)30)14-5-6-19-20(11-14)33-13-32-19/h1-6,11,18,22,25,28H,7-10,12-13H2/t18-,22+/m0/s1. The molecule has 3 amide bonds. The first kappa shape index (κ1) is 20.1. The van der Waals surface area contributed by atoms with Crippen LogP contribution < -0.4 is 9.47 Å². The number of aromatic nitrogens is 1. The maximum atomic E-state index is 13.5. The van der Waals surface area contributed by atoms with Crippen LogP contribution in [0.15, 0.2) is 42.5 Å². The molecule has 6 rings (SSSR count). The van der Waals surface area contributed by atoms with Gasteiger partial charge in [0.05, 0.1) is 26.4 Å². The third-order valence-electron chi connectivity index (χ3n) is 6.54. The van der Waals surface area contributed by atoms with Crippen molar-refractivity contribution in [2.45, 2.75) is 18.5 Å². The van der Waals surface area contributed by atoms with Gasteiger partial charge in [-0.25, -0.2) is 4.79 Å². The number of nitrogens with one attached hydrogen (secondary N) is 1. The molecule has 1 saturated heterocycles. The Morgan fingerprint density at radius 2 is 1.94 bits per heavy atom. The molecule has 33 heavy (non-hydrogen) atoms. The first-order valence-corrected chi connectivity index (χ1v) is 11.0. The Morgan fingerprint density at radius 3 is 2.82 bits per heavy atom. The molecule has 0 aliphatic carbocycles. The lowest BCUT2D eigenvalue weighted by molar-refractivity contribution is -0.129. The van der Waals surface area contributed by atoms with Crippen LogP contribution in [0.25, 0.3) is 10.9 Å². The zero-order chi connectivity index (χ0) is 22.5. The molecule has 2 aromatic carbocycles. The number of para-hydroxylation sites is 1. The van der Waals surface area contributed by atoms with Crippen LogP contribution in [0.4, 0.5) is 4.79 Å². The van der Waals surface area contributed by atoms with Gasteiger partial charge in [0.2, 0.25) is 6.79 Å². The summed E-state index contributed by atoms with van der Waals surface area (Å²) in [6, 6.07) is 12.2. The second-order valence-electron chi connectivity index (χ2n) is 8.31. The van der Waals surface area contributed by atoms with Crippen molar-refractivity contribution in [3.05, 3.63) is 59.3 Å². The maximum Gasteiger partial charge on any atom is 0.328 e.